The molecule has 1 radical (unpaired) electrons. The van der Waals surface area contributed by atoms with Crippen molar-refractivity contribution in [3.05, 3.63) is 5.92 Å². The Morgan fingerprint density at radius 2 is 1.90 bits per heavy atom. The molecule has 2 aliphatic rings. The Balaban J connectivity index is 1.78. The molecule has 0 aromatic heterocycles. The Hall–Kier alpha value is -0.0800. The Morgan fingerprint density at radius 1 is 1.20 bits per heavy atom. The van der Waals surface area contributed by atoms with Crippen molar-refractivity contribution in [2.75, 3.05) is 26.3 Å². The number of ether oxygens (including phenoxy) is 1. The number of nitrogens with one attached hydrogen (secondary N) is 1. The van der Waals surface area contributed by atoms with Crippen LogP contribution >= 0.6 is 0 Å². The standard InChI is InChI=1S/C8H14NO/c1-3-9-4-2-7(1)8-5-10-6-8/h8-9H,1-6H2. The van der Waals surface area contributed by atoms with Crippen LogP contribution in [0.15, 0.2) is 0 Å². The average Bonchev–Trinajstić information content (AvgIpc) is 1.86. The highest BCUT2D eigenvalue weighted by atomic mass is 16.5. The highest BCUT2D eigenvalue weighted by molar-refractivity contribution is 5.02. The molecule has 2 aliphatic heterocycles. The van der Waals surface area contributed by atoms with Gasteiger partial charge in [-0.2, -0.15) is 0 Å². The summed E-state index contributed by atoms with van der Waals surface area (Å²) in [5.74, 6) is 2.56. The number of piperidine rings is 1. The first-order chi connectivity index (χ1) is 4.97. The van der Waals surface area contributed by atoms with Crippen LogP contribution in [-0.2, 0) is 4.74 Å². The molecule has 0 amide bonds. The van der Waals surface area contributed by atoms with Crippen molar-refractivity contribution in [1.29, 1.82) is 0 Å². The summed E-state index contributed by atoms with van der Waals surface area (Å²) in [6.45, 7) is 4.36. The summed E-state index contributed by atoms with van der Waals surface area (Å²) in [5.41, 5.74) is 0. The summed E-state index contributed by atoms with van der Waals surface area (Å²) in [4.78, 5) is 0. The van der Waals surface area contributed by atoms with Gasteiger partial charge in [0, 0.05) is 5.92 Å². The average molecular weight is 140 g/mol. The highest BCUT2D eigenvalue weighted by Crippen LogP contribution is 2.29. The molecule has 0 aromatic rings. The largest absolute Gasteiger partial charge is 0.381 e. The first kappa shape index (κ1) is 6.62. The van der Waals surface area contributed by atoms with Gasteiger partial charge in [0.05, 0.1) is 13.2 Å². The first-order valence-electron chi connectivity index (χ1n) is 4.10. The predicted octanol–water partition coefficient (Wildman–Crippen LogP) is 0.591. The molecule has 2 fully saturated rings. The molecule has 2 nitrogen and oxygen atoms in total. The van der Waals surface area contributed by atoms with Crippen LogP contribution < -0.4 is 5.32 Å². The minimum atomic E-state index is 0.821. The lowest BCUT2D eigenvalue weighted by atomic mass is 9.84. The first-order valence-corrected chi connectivity index (χ1v) is 4.10. The van der Waals surface area contributed by atoms with Crippen LogP contribution in [0.3, 0.4) is 0 Å². The molecule has 2 rings (SSSR count). The van der Waals surface area contributed by atoms with Crippen LogP contribution in [-0.4, -0.2) is 26.3 Å². The van der Waals surface area contributed by atoms with Crippen LogP contribution in [0.2, 0.25) is 0 Å². The van der Waals surface area contributed by atoms with Crippen LogP contribution in [0.5, 0.6) is 0 Å². The maximum atomic E-state index is 5.15. The number of hydrogen-bond donors (Lipinski definition) is 1. The van der Waals surface area contributed by atoms with E-state index in [1.54, 1.807) is 5.92 Å². The molecule has 0 bridgehead atoms. The van der Waals surface area contributed by atoms with Gasteiger partial charge in [-0.3, -0.25) is 0 Å². The van der Waals surface area contributed by atoms with Gasteiger partial charge in [-0.25, -0.2) is 0 Å². The third-order valence-electron chi connectivity index (χ3n) is 2.46. The van der Waals surface area contributed by atoms with Crippen molar-refractivity contribution in [3.63, 3.8) is 0 Å². The van der Waals surface area contributed by atoms with E-state index >= 15 is 0 Å². The molecule has 2 heterocycles. The van der Waals surface area contributed by atoms with Crippen molar-refractivity contribution in [3.8, 4) is 0 Å². The fourth-order valence-corrected chi connectivity index (χ4v) is 1.63. The zero-order valence-electron chi connectivity index (χ0n) is 6.23. The van der Waals surface area contributed by atoms with Gasteiger partial charge in [0.15, 0.2) is 0 Å². The van der Waals surface area contributed by atoms with Gasteiger partial charge in [-0.15, -0.1) is 0 Å². The van der Waals surface area contributed by atoms with Gasteiger partial charge in [0.1, 0.15) is 0 Å². The van der Waals surface area contributed by atoms with E-state index in [2.05, 4.69) is 5.32 Å². The SMILES string of the molecule is C1C[C](C2COC2)CCN1. The Kier molecular flexibility index (Phi) is 1.91. The van der Waals surface area contributed by atoms with Crippen molar-refractivity contribution in [2.24, 2.45) is 5.92 Å². The molecular formula is C8H14NO. The van der Waals surface area contributed by atoms with Gasteiger partial charge in [0.25, 0.3) is 0 Å². The van der Waals surface area contributed by atoms with Crippen LogP contribution in [0.4, 0.5) is 0 Å². The maximum Gasteiger partial charge on any atom is 0.0522 e. The number of hydrogen-bond acceptors (Lipinski definition) is 2. The van der Waals surface area contributed by atoms with E-state index in [1.807, 2.05) is 0 Å². The molecule has 2 heteroatoms. The lowest BCUT2D eigenvalue weighted by Gasteiger charge is -2.35. The second-order valence-corrected chi connectivity index (χ2v) is 3.14. The summed E-state index contributed by atoms with van der Waals surface area (Å²) >= 11 is 0. The van der Waals surface area contributed by atoms with Gasteiger partial charge >= 0.3 is 0 Å². The Bertz CT molecular complexity index is 106. The predicted molar refractivity (Wildman–Crippen MR) is 39.7 cm³/mol. The molecule has 57 valence electrons. The zero-order chi connectivity index (χ0) is 6.81. The molecule has 0 saturated carbocycles. The molecule has 0 spiro atoms. The normalized spacial score (nSPS) is 30.0. The summed E-state index contributed by atoms with van der Waals surface area (Å²) in [7, 11) is 0. The topological polar surface area (TPSA) is 21.3 Å². The van der Waals surface area contributed by atoms with E-state index in [0.29, 0.717) is 0 Å². The van der Waals surface area contributed by atoms with E-state index in [1.165, 1.54) is 25.9 Å². The summed E-state index contributed by atoms with van der Waals surface area (Å²) < 4.78 is 5.15. The zero-order valence-corrected chi connectivity index (χ0v) is 6.23. The minimum absolute atomic E-state index is 0.821. The number of rotatable bonds is 1. The van der Waals surface area contributed by atoms with Gasteiger partial charge in [0.2, 0.25) is 0 Å². The van der Waals surface area contributed by atoms with E-state index in [9.17, 15) is 0 Å². The monoisotopic (exact) mass is 140 g/mol. The molecule has 10 heavy (non-hydrogen) atoms. The van der Waals surface area contributed by atoms with Crippen LogP contribution in [0.25, 0.3) is 0 Å². The lowest BCUT2D eigenvalue weighted by Crippen LogP contribution is -2.38. The van der Waals surface area contributed by atoms with E-state index < -0.39 is 0 Å². The maximum absolute atomic E-state index is 5.15. The van der Waals surface area contributed by atoms with Crippen molar-refractivity contribution in [1.82, 2.24) is 5.32 Å². The molecule has 0 aromatic carbocycles. The van der Waals surface area contributed by atoms with Crippen molar-refractivity contribution >= 4 is 0 Å². The Morgan fingerprint density at radius 3 is 2.40 bits per heavy atom. The fraction of sp³-hybridized carbons (Fsp3) is 0.875. The molecule has 0 atom stereocenters. The molecular weight excluding hydrogens is 126 g/mol. The van der Waals surface area contributed by atoms with E-state index in [4.69, 9.17) is 4.74 Å². The van der Waals surface area contributed by atoms with Crippen molar-refractivity contribution < 1.29 is 4.74 Å². The minimum Gasteiger partial charge on any atom is -0.381 e. The molecule has 0 aliphatic carbocycles. The smallest absolute Gasteiger partial charge is 0.0522 e. The highest BCUT2D eigenvalue weighted by Gasteiger charge is 2.29. The third-order valence-corrected chi connectivity index (χ3v) is 2.46. The third kappa shape index (κ3) is 1.18. The summed E-state index contributed by atoms with van der Waals surface area (Å²) in [6.07, 6.45) is 2.57. The summed E-state index contributed by atoms with van der Waals surface area (Å²) in [6, 6.07) is 0. The fourth-order valence-electron chi connectivity index (χ4n) is 1.63. The van der Waals surface area contributed by atoms with Crippen LogP contribution in [0, 0.1) is 11.8 Å². The van der Waals surface area contributed by atoms with Gasteiger partial charge in [-0.05, 0) is 31.8 Å². The molecule has 0 unspecified atom stereocenters. The quantitative estimate of drug-likeness (QED) is 0.575. The van der Waals surface area contributed by atoms with Gasteiger partial charge in [-0.1, -0.05) is 0 Å². The lowest BCUT2D eigenvalue weighted by molar-refractivity contribution is -0.0288. The van der Waals surface area contributed by atoms with E-state index in [-0.39, 0.29) is 0 Å². The Labute approximate surface area is 61.9 Å². The summed E-state index contributed by atoms with van der Waals surface area (Å²) in [5, 5.41) is 3.36. The second kappa shape index (κ2) is 2.89. The molecule has 2 saturated heterocycles. The van der Waals surface area contributed by atoms with E-state index in [0.717, 1.165) is 19.1 Å². The van der Waals surface area contributed by atoms with Gasteiger partial charge < -0.3 is 10.1 Å². The van der Waals surface area contributed by atoms with Crippen molar-refractivity contribution in [2.45, 2.75) is 12.8 Å². The van der Waals surface area contributed by atoms with Crippen LogP contribution in [0.1, 0.15) is 12.8 Å². The second-order valence-electron chi connectivity index (χ2n) is 3.14. The molecule has 1 N–H and O–H groups in total.